The van der Waals surface area contributed by atoms with Crippen LogP contribution in [0.2, 0.25) is 0 Å². The topological polar surface area (TPSA) is 57.7 Å². The molecule has 6 heteroatoms. The van der Waals surface area contributed by atoms with Gasteiger partial charge in [0.15, 0.2) is 0 Å². The first kappa shape index (κ1) is 18.4. The number of sulfonamides is 1. The van der Waals surface area contributed by atoms with Gasteiger partial charge in [-0.1, -0.05) is 25.8 Å². The van der Waals surface area contributed by atoms with E-state index in [0.717, 1.165) is 56.2 Å². The summed E-state index contributed by atoms with van der Waals surface area (Å²) in [6.45, 7) is 4.56. The van der Waals surface area contributed by atoms with Gasteiger partial charge in [-0.15, -0.1) is 0 Å². The zero-order valence-corrected chi connectivity index (χ0v) is 15.9. The van der Waals surface area contributed by atoms with Crippen LogP contribution in [0.3, 0.4) is 0 Å². The van der Waals surface area contributed by atoms with Crippen molar-refractivity contribution < 1.29 is 13.2 Å². The monoisotopic (exact) mass is 364 g/mol. The maximum Gasteiger partial charge on any atom is 0.243 e. The quantitative estimate of drug-likeness (QED) is 0.807. The first-order valence-electron chi connectivity index (χ1n) is 9.42. The second-order valence-electron chi connectivity index (χ2n) is 7.06. The number of piperidine rings is 1. The van der Waals surface area contributed by atoms with Crippen LogP contribution < -0.4 is 0 Å². The van der Waals surface area contributed by atoms with E-state index >= 15 is 0 Å². The molecule has 0 N–H and O–H groups in total. The average molecular weight is 365 g/mol. The molecule has 1 fully saturated rings. The second kappa shape index (κ2) is 7.87. The standard InChI is InChI=1S/C19H28N2O3S/c1-2-3-7-19(22)20-13-10-16-8-9-18(14-17(16)15-20)25(23,24)21-11-5-4-6-12-21/h8-9,14H,2-7,10-13,15H2,1H3. The molecule has 25 heavy (non-hydrogen) atoms. The lowest BCUT2D eigenvalue weighted by Crippen LogP contribution is -2.37. The van der Waals surface area contributed by atoms with Crippen molar-refractivity contribution in [2.45, 2.75) is 63.3 Å². The Kier molecular flexibility index (Phi) is 5.79. The van der Waals surface area contributed by atoms with E-state index in [1.807, 2.05) is 11.0 Å². The highest BCUT2D eigenvalue weighted by molar-refractivity contribution is 7.89. The third kappa shape index (κ3) is 4.06. The largest absolute Gasteiger partial charge is 0.338 e. The van der Waals surface area contributed by atoms with E-state index in [1.54, 1.807) is 16.4 Å². The molecule has 0 spiro atoms. The van der Waals surface area contributed by atoms with E-state index in [4.69, 9.17) is 0 Å². The molecule has 2 heterocycles. The molecule has 0 bridgehead atoms. The number of nitrogens with zero attached hydrogens (tertiary/aromatic N) is 2. The minimum atomic E-state index is -3.42. The maximum absolute atomic E-state index is 12.9. The molecule has 1 aromatic rings. The van der Waals surface area contributed by atoms with Gasteiger partial charge >= 0.3 is 0 Å². The fourth-order valence-electron chi connectivity index (χ4n) is 3.65. The lowest BCUT2D eigenvalue weighted by molar-refractivity contribution is -0.132. The summed E-state index contributed by atoms with van der Waals surface area (Å²) in [6, 6.07) is 5.45. The molecule has 1 amide bonds. The first-order chi connectivity index (χ1) is 12.0. The van der Waals surface area contributed by atoms with Gasteiger partial charge in [-0.05, 0) is 48.9 Å². The number of carbonyl (C=O) groups excluding carboxylic acids is 1. The summed E-state index contributed by atoms with van der Waals surface area (Å²) in [5, 5.41) is 0. The Morgan fingerprint density at radius 1 is 1.08 bits per heavy atom. The molecule has 2 aliphatic heterocycles. The second-order valence-corrected chi connectivity index (χ2v) is 9.00. The van der Waals surface area contributed by atoms with E-state index in [-0.39, 0.29) is 5.91 Å². The summed E-state index contributed by atoms with van der Waals surface area (Å²) >= 11 is 0. The third-order valence-corrected chi connectivity index (χ3v) is 7.13. The van der Waals surface area contributed by atoms with Gasteiger partial charge in [-0.2, -0.15) is 4.31 Å². The minimum Gasteiger partial charge on any atom is -0.338 e. The molecule has 1 saturated heterocycles. The number of amides is 1. The zero-order valence-electron chi connectivity index (χ0n) is 15.0. The Balaban J connectivity index is 1.78. The summed E-state index contributed by atoms with van der Waals surface area (Å²) in [7, 11) is -3.42. The highest BCUT2D eigenvalue weighted by atomic mass is 32.2. The van der Waals surface area contributed by atoms with Crippen LogP contribution in [0.15, 0.2) is 23.1 Å². The molecule has 0 aliphatic carbocycles. The van der Waals surface area contributed by atoms with Crippen LogP contribution in [-0.4, -0.2) is 43.2 Å². The van der Waals surface area contributed by atoms with Crippen LogP contribution in [0.1, 0.15) is 56.6 Å². The molecule has 0 atom stereocenters. The molecule has 5 nitrogen and oxygen atoms in total. The molecule has 3 rings (SSSR count). The summed E-state index contributed by atoms with van der Waals surface area (Å²) in [4.78, 5) is 14.5. The van der Waals surface area contributed by atoms with Crippen LogP contribution in [0.25, 0.3) is 0 Å². The van der Waals surface area contributed by atoms with Gasteiger partial charge in [-0.3, -0.25) is 4.79 Å². The van der Waals surface area contributed by atoms with Gasteiger partial charge in [0.05, 0.1) is 4.90 Å². The van der Waals surface area contributed by atoms with Crippen LogP contribution in [0.4, 0.5) is 0 Å². The maximum atomic E-state index is 12.9. The lowest BCUT2D eigenvalue weighted by Gasteiger charge is -2.30. The van der Waals surface area contributed by atoms with Crippen molar-refractivity contribution in [1.82, 2.24) is 9.21 Å². The van der Waals surface area contributed by atoms with Crippen molar-refractivity contribution in [3.05, 3.63) is 29.3 Å². The number of fused-ring (bicyclic) bond motifs is 1. The van der Waals surface area contributed by atoms with Gasteiger partial charge in [0.2, 0.25) is 15.9 Å². The van der Waals surface area contributed by atoms with Gasteiger partial charge in [0.25, 0.3) is 0 Å². The molecular weight excluding hydrogens is 336 g/mol. The van der Waals surface area contributed by atoms with Crippen molar-refractivity contribution in [3.63, 3.8) is 0 Å². The number of rotatable bonds is 5. The van der Waals surface area contributed by atoms with E-state index < -0.39 is 10.0 Å². The highest BCUT2D eigenvalue weighted by Crippen LogP contribution is 2.26. The molecule has 0 unspecified atom stereocenters. The fraction of sp³-hybridized carbons (Fsp3) is 0.632. The third-order valence-electron chi connectivity index (χ3n) is 5.24. The van der Waals surface area contributed by atoms with Crippen molar-refractivity contribution in [2.75, 3.05) is 19.6 Å². The van der Waals surface area contributed by atoms with Crippen LogP contribution in [0, 0.1) is 0 Å². The van der Waals surface area contributed by atoms with Gasteiger partial charge in [0, 0.05) is 32.6 Å². The van der Waals surface area contributed by atoms with E-state index in [2.05, 4.69) is 6.92 Å². The number of benzene rings is 1. The van der Waals surface area contributed by atoms with Crippen LogP contribution >= 0.6 is 0 Å². The van der Waals surface area contributed by atoms with Gasteiger partial charge in [0.1, 0.15) is 0 Å². The van der Waals surface area contributed by atoms with Crippen molar-refractivity contribution in [1.29, 1.82) is 0 Å². The Morgan fingerprint density at radius 2 is 1.84 bits per heavy atom. The Bertz CT molecular complexity index is 724. The predicted octanol–water partition coefficient (Wildman–Crippen LogP) is 2.94. The number of hydrogen-bond acceptors (Lipinski definition) is 3. The summed E-state index contributed by atoms with van der Waals surface area (Å²) < 4.78 is 27.4. The molecular formula is C19H28N2O3S. The Morgan fingerprint density at radius 3 is 2.56 bits per heavy atom. The zero-order chi connectivity index (χ0) is 17.9. The molecule has 2 aliphatic rings. The van der Waals surface area contributed by atoms with Gasteiger partial charge < -0.3 is 4.90 Å². The normalized spacial score (nSPS) is 18.8. The number of unbranched alkanes of at least 4 members (excludes halogenated alkanes) is 1. The SMILES string of the molecule is CCCCC(=O)N1CCc2ccc(S(=O)(=O)N3CCCCC3)cc2C1. The molecule has 0 radical (unpaired) electrons. The first-order valence-corrected chi connectivity index (χ1v) is 10.9. The molecule has 0 aromatic heterocycles. The minimum absolute atomic E-state index is 0.178. The number of carbonyl (C=O) groups is 1. The summed E-state index contributed by atoms with van der Waals surface area (Å²) in [6.07, 6.45) is 6.27. The smallest absolute Gasteiger partial charge is 0.243 e. The summed E-state index contributed by atoms with van der Waals surface area (Å²) in [5.41, 5.74) is 2.14. The van der Waals surface area contributed by atoms with Crippen molar-refractivity contribution in [2.24, 2.45) is 0 Å². The lowest BCUT2D eigenvalue weighted by atomic mass is 9.99. The van der Waals surface area contributed by atoms with E-state index in [1.165, 1.54) is 0 Å². The van der Waals surface area contributed by atoms with E-state index in [0.29, 0.717) is 31.0 Å². The molecule has 0 saturated carbocycles. The van der Waals surface area contributed by atoms with Crippen LogP contribution in [0.5, 0.6) is 0 Å². The predicted molar refractivity (Wildman–Crippen MR) is 97.7 cm³/mol. The van der Waals surface area contributed by atoms with Crippen LogP contribution in [-0.2, 0) is 27.8 Å². The average Bonchev–Trinajstić information content (AvgIpc) is 2.65. The molecule has 138 valence electrons. The Hall–Kier alpha value is -1.40. The Labute approximate surface area is 151 Å². The van der Waals surface area contributed by atoms with Gasteiger partial charge in [-0.25, -0.2) is 8.42 Å². The van der Waals surface area contributed by atoms with Crippen molar-refractivity contribution in [3.8, 4) is 0 Å². The van der Waals surface area contributed by atoms with E-state index in [9.17, 15) is 13.2 Å². The molecule has 1 aromatic carbocycles. The van der Waals surface area contributed by atoms with Crippen molar-refractivity contribution >= 4 is 15.9 Å². The number of hydrogen-bond donors (Lipinski definition) is 0. The summed E-state index contributed by atoms with van der Waals surface area (Å²) in [5.74, 6) is 0.178. The highest BCUT2D eigenvalue weighted by Gasteiger charge is 2.28. The fourth-order valence-corrected chi connectivity index (χ4v) is 5.22.